The summed E-state index contributed by atoms with van der Waals surface area (Å²) in [5, 5.41) is 0.602. The molecular formula is C15H15ClFNO2. The van der Waals surface area contributed by atoms with Gasteiger partial charge in [-0.15, -0.1) is 0 Å². The SMILES string of the molecule is C[C@@H](N)COc1c(F)cccc1Oc1ccc(Cl)cc1. The summed E-state index contributed by atoms with van der Waals surface area (Å²) in [6.07, 6.45) is 0. The maximum absolute atomic E-state index is 13.8. The summed E-state index contributed by atoms with van der Waals surface area (Å²) in [5.41, 5.74) is 5.61. The first-order valence-corrected chi connectivity index (χ1v) is 6.54. The highest BCUT2D eigenvalue weighted by atomic mass is 35.5. The van der Waals surface area contributed by atoms with Gasteiger partial charge in [-0.25, -0.2) is 4.39 Å². The van der Waals surface area contributed by atoms with E-state index in [1.165, 1.54) is 6.07 Å². The lowest BCUT2D eigenvalue weighted by Crippen LogP contribution is -2.24. The molecule has 0 heterocycles. The Bertz CT molecular complexity index is 573. The number of halogens is 2. The molecule has 0 saturated carbocycles. The van der Waals surface area contributed by atoms with Gasteiger partial charge in [0.25, 0.3) is 0 Å². The molecule has 0 spiro atoms. The van der Waals surface area contributed by atoms with E-state index in [1.54, 1.807) is 43.3 Å². The summed E-state index contributed by atoms with van der Waals surface area (Å²) in [6.45, 7) is 1.98. The van der Waals surface area contributed by atoms with E-state index in [9.17, 15) is 4.39 Å². The van der Waals surface area contributed by atoms with Gasteiger partial charge >= 0.3 is 0 Å². The van der Waals surface area contributed by atoms with Crippen LogP contribution >= 0.6 is 11.6 Å². The van der Waals surface area contributed by atoms with Crippen LogP contribution in [0.1, 0.15) is 6.92 Å². The lowest BCUT2D eigenvalue weighted by Gasteiger charge is -2.14. The van der Waals surface area contributed by atoms with Crippen molar-refractivity contribution in [3.8, 4) is 17.2 Å². The third-order valence-electron chi connectivity index (χ3n) is 2.46. The van der Waals surface area contributed by atoms with Gasteiger partial charge in [0.15, 0.2) is 17.3 Å². The van der Waals surface area contributed by atoms with Gasteiger partial charge in [-0.05, 0) is 43.3 Å². The Morgan fingerprint density at radius 2 is 1.90 bits per heavy atom. The highest BCUT2D eigenvalue weighted by Crippen LogP contribution is 2.34. The van der Waals surface area contributed by atoms with Crippen LogP contribution in [0.3, 0.4) is 0 Å². The Morgan fingerprint density at radius 1 is 1.20 bits per heavy atom. The molecule has 2 aromatic rings. The fourth-order valence-electron chi connectivity index (χ4n) is 1.55. The summed E-state index contributed by atoms with van der Waals surface area (Å²) in [6, 6.07) is 11.1. The Labute approximate surface area is 122 Å². The van der Waals surface area contributed by atoms with Crippen LogP contribution in [0, 0.1) is 5.82 Å². The number of para-hydroxylation sites is 1. The topological polar surface area (TPSA) is 44.5 Å². The van der Waals surface area contributed by atoms with E-state index in [4.69, 9.17) is 26.8 Å². The minimum absolute atomic E-state index is 0.0553. The highest BCUT2D eigenvalue weighted by Gasteiger charge is 2.12. The van der Waals surface area contributed by atoms with Crippen molar-refractivity contribution in [2.45, 2.75) is 13.0 Å². The molecule has 0 fully saturated rings. The van der Waals surface area contributed by atoms with E-state index in [1.807, 2.05) is 0 Å². The third-order valence-corrected chi connectivity index (χ3v) is 2.71. The molecule has 5 heteroatoms. The number of hydrogen-bond acceptors (Lipinski definition) is 3. The zero-order valence-corrected chi connectivity index (χ0v) is 11.7. The molecule has 2 N–H and O–H groups in total. The van der Waals surface area contributed by atoms with E-state index < -0.39 is 5.82 Å². The van der Waals surface area contributed by atoms with Crippen molar-refractivity contribution in [2.75, 3.05) is 6.61 Å². The van der Waals surface area contributed by atoms with Crippen LogP contribution in [0.4, 0.5) is 4.39 Å². The van der Waals surface area contributed by atoms with E-state index in [0.717, 1.165) is 0 Å². The van der Waals surface area contributed by atoms with Gasteiger partial charge in [-0.1, -0.05) is 17.7 Å². The molecule has 0 aliphatic rings. The van der Waals surface area contributed by atoms with Crippen LogP contribution in [0.5, 0.6) is 17.2 Å². The van der Waals surface area contributed by atoms with E-state index in [0.29, 0.717) is 16.5 Å². The Hall–Kier alpha value is -1.78. The first-order valence-electron chi connectivity index (χ1n) is 6.16. The van der Waals surface area contributed by atoms with Gasteiger partial charge in [-0.2, -0.15) is 0 Å². The predicted octanol–water partition coefficient (Wildman–Crippen LogP) is 4.00. The lowest BCUT2D eigenvalue weighted by molar-refractivity contribution is 0.270. The molecular weight excluding hydrogens is 281 g/mol. The number of rotatable bonds is 5. The molecule has 3 nitrogen and oxygen atoms in total. The zero-order chi connectivity index (χ0) is 14.5. The molecule has 2 aromatic carbocycles. The fraction of sp³-hybridized carbons (Fsp3) is 0.200. The van der Waals surface area contributed by atoms with Gasteiger partial charge in [0.05, 0.1) is 0 Å². The number of nitrogens with two attached hydrogens (primary N) is 1. The maximum Gasteiger partial charge on any atom is 0.197 e. The molecule has 0 aliphatic heterocycles. The van der Waals surface area contributed by atoms with Crippen molar-refractivity contribution in [1.29, 1.82) is 0 Å². The van der Waals surface area contributed by atoms with E-state index >= 15 is 0 Å². The first kappa shape index (κ1) is 14.6. The minimum Gasteiger partial charge on any atom is -0.485 e. The predicted molar refractivity (Wildman–Crippen MR) is 77.1 cm³/mol. The normalized spacial score (nSPS) is 12.0. The Morgan fingerprint density at radius 3 is 2.55 bits per heavy atom. The van der Waals surface area contributed by atoms with Crippen LogP contribution in [0.15, 0.2) is 42.5 Å². The van der Waals surface area contributed by atoms with Crippen molar-refractivity contribution in [2.24, 2.45) is 5.73 Å². The molecule has 20 heavy (non-hydrogen) atoms. The molecule has 0 aromatic heterocycles. The monoisotopic (exact) mass is 295 g/mol. The molecule has 106 valence electrons. The zero-order valence-electron chi connectivity index (χ0n) is 11.0. The summed E-state index contributed by atoms with van der Waals surface area (Å²) in [5.74, 6) is 0.412. The molecule has 0 amide bonds. The van der Waals surface area contributed by atoms with E-state index in [-0.39, 0.29) is 18.4 Å². The quantitative estimate of drug-likeness (QED) is 0.907. The molecule has 0 radical (unpaired) electrons. The van der Waals surface area contributed by atoms with Gasteiger partial charge < -0.3 is 15.2 Å². The third kappa shape index (κ3) is 3.85. The Balaban J connectivity index is 2.22. The highest BCUT2D eigenvalue weighted by molar-refractivity contribution is 6.30. The van der Waals surface area contributed by atoms with Gasteiger partial charge in [0.1, 0.15) is 12.4 Å². The average molecular weight is 296 g/mol. The van der Waals surface area contributed by atoms with Gasteiger partial charge in [-0.3, -0.25) is 0 Å². The summed E-state index contributed by atoms with van der Waals surface area (Å²) < 4.78 is 24.8. The summed E-state index contributed by atoms with van der Waals surface area (Å²) >= 11 is 5.80. The average Bonchev–Trinajstić information content (AvgIpc) is 2.40. The van der Waals surface area contributed by atoms with Crippen LogP contribution in [-0.2, 0) is 0 Å². The molecule has 0 saturated heterocycles. The van der Waals surface area contributed by atoms with Gasteiger partial charge in [0.2, 0.25) is 0 Å². The van der Waals surface area contributed by atoms with Crippen molar-refractivity contribution >= 4 is 11.6 Å². The second-order valence-corrected chi connectivity index (χ2v) is 4.85. The number of ether oxygens (including phenoxy) is 2. The maximum atomic E-state index is 13.8. The Kier molecular flexibility index (Phi) is 4.82. The summed E-state index contributed by atoms with van der Waals surface area (Å²) in [4.78, 5) is 0. The van der Waals surface area contributed by atoms with Crippen molar-refractivity contribution in [3.05, 3.63) is 53.3 Å². The number of hydrogen-bond donors (Lipinski definition) is 1. The van der Waals surface area contributed by atoms with Crippen molar-refractivity contribution in [1.82, 2.24) is 0 Å². The van der Waals surface area contributed by atoms with Crippen molar-refractivity contribution in [3.63, 3.8) is 0 Å². The lowest BCUT2D eigenvalue weighted by atomic mass is 10.3. The van der Waals surface area contributed by atoms with Crippen LogP contribution in [-0.4, -0.2) is 12.6 Å². The second kappa shape index (κ2) is 6.59. The molecule has 0 unspecified atom stereocenters. The molecule has 2 rings (SSSR count). The van der Waals surface area contributed by atoms with Crippen LogP contribution in [0.25, 0.3) is 0 Å². The largest absolute Gasteiger partial charge is 0.485 e. The van der Waals surface area contributed by atoms with Gasteiger partial charge in [0, 0.05) is 11.1 Å². The molecule has 1 atom stereocenters. The summed E-state index contributed by atoms with van der Waals surface area (Å²) in [7, 11) is 0. The minimum atomic E-state index is -0.489. The smallest absolute Gasteiger partial charge is 0.197 e. The van der Waals surface area contributed by atoms with Crippen LogP contribution in [0.2, 0.25) is 5.02 Å². The fourth-order valence-corrected chi connectivity index (χ4v) is 1.68. The van der Waals surface area contributed by atoms with Crippen molar-refractivity contribution < 1.29 is 13.9 Å². The first-order chi connectivity index (χ1) is 9.56. The van der Waals surface area contributed by atoms with Crippen LogP contribution < -0.4 is 15.2 Å². The number of benzene rings is 2. The second-order valence-electron chi connectivity index (χ2n) is 4.41. The standard InChI is InChI=1S/C15H15ClFNO2/c1-10(18)9-19-15-13(17)3-2-4-14(15)20-12-7-5-11(16)6-8-12/h2-8,10H,9,18H2,1H3/t10-/m1/s1. The molecule has 0 bridgehead atoms. The van der Waals surface area contributed by atoms with E-state index in [2.05, 4.69) is 0 Å². The molecule has 0 aliphatic carbocycles.